The summed E-state index contributed by atoms with van der Waals surface area (Å²) in [7, 11) is 0. The van der Waals surface area contributed by atoms with Crippen molar-refractivity contribution >= 4 is 16.9 Å². The Hall–Kier alpha value is -2.24. The van der Waals surface area contributed by atoms with Crippen molar-refractivity contribution < 1.29 is 18.7 Å². The number of aliphatic carboxylic acids is 1. The second kappa shape index (κ2) is 5.63. The van der Waals surface area contributed by atoms with E-state index >= 15 is 0 Å². The second-order valence-corrected chi connectivity index (χ2v) is 4.81. The predicted molar refractivity (Wildman–Crippen MR) is 74.5 cm³/mol. The summed E-state index contributed by atoms with van der Waals surface area (Å²) in [5.41, 5.74) is 0.797. The van der Waals surface area contributed by atoms with Crippen LogP contribution in [0.25, 0.3) is 10.9 Å². The molecule has 0 fully saturated rings. The van der Waals surface area contributed by atoms with Gasteiger partial charge in [0.1, 0.15) is 0 Å². The molecule has 112 valence electrons. The van der Waals surface area contributed by atoms with Crippen molar-refractivity contribution in [2.75, 3.05) is 0 Å². The number of halogens is 2. The van der Waals surface area contributed by atoms with Gasteiger partial charge < -0.3 is 9.67 Å². The van der Waals surface area contributed by atoms with Crippen LogP contribution in [0, 0.1) is 18.6 Å². The summed E-state index contributed by atoms with van der Waals surface area (Å²) < 4.78 is 28.5. The minimum Gasteiger partial charge on any atom is -0.481 e. The van der Waals surface area contributed by atoms with Crippen molar-refractivity contribution in [3.05, 3.63) is 45.2 Å². The molecule has 0 saturated heterocycles. The zero-order valence-corrected chi connectivity index (χ0v) is 11.7. The molecule has 6 heteroatoms. The third-order valence-corrected chi connectivity index (χ3v) is 3.59. The van der Waals surface area contributed by atoms with Gasteiger partial charge in [-0.1, -0.05) is 0 Å². The summed E-state index contributed by atoms with van der Waals surface area (Å²) in [5, 5.41) is 8.83. The predicted octanol–water partition coefficient (Wildman–Crippen LogP) is 2.63. The first-order chi connectivity index (χ1) is 9.86. The van der Waals surface area contributed by atoms with Crippen LogP contribution in [0.5, 0.6) is 0 Å². The minimum absolute atomic E-state index is 0.0644. The molecule has 1 heterocycles. The van der Waals surface area contributed by atoms with E-state index in [1.54, 1.807) is 11.5 Å². The molecular formula is C15H15F2NO3. The van der Waals surface area contributed by atoms with Gasteiger partial charge in [-0.3, -0.25) is 9.59 Å². The van der Waals surface area contributed by atoms with E-state index in [4.69, 9.17) is 5.11 Å². The molecule has 0 saturated carbocycles. The van der Waals surface area contributed by atoms with Crippen LogP contribution >= 0.6 is 0 Å². The average Bonchev–Trinajstić information content (AvgIpc) is 2.41. The summed E-state index contributed by atoms with van der Waals surface area (Å²) in [4.78, 5) is 23.1. The fourth-order valence-corrected chi connectivity index (χ4v) is 2.55. The lowest BCUT2D eigenvalue weighted by atomic mass is 10.0. The molecule has 0 aliphatic heterocycles. The highest BCUT2D eigenvalue weighted by Crippen LogP contribution is 2.20. The number of aryl methyl sites for hydroxylation is 1. The van der Waals surface area contributed by atoms with Gasteiger partial charge in [-0.2, -0.15) is 0 Å². The minimum atomic E-state index is -1.09. The summed E-state index contributed by atoms with van der Waals surface area (Å²) in [5.74, 6) is -3.11. The van der Waals surface area contributed by atoms with Crippen LogP contribution in [0.1, 0.15) is 24.6 Å². The molecule has 2 aromatic rings. The van der Waals surface area contributed by atoms with E-state index < -0.39 is 23.0 Å². The van der Waals surface area contributed by atoms with E-state index in [2.05, 4.69) is 0 Å². The zero-order valence-electron chi connectivity index (χ0n) is 11.7. The van der Waals surface area contributed by atoms with Gasteiger partial charge in [-0.05, 0) is 26.3 Å². The zero-order chi connectivity index (χ0) is 15.7. The highest BCUT2D eigenvalue weighted by molar-refractivity contribution is 5.80. The van der Waals surface area contributed by atoms with Crippen LogP contribution in [0.15, 0.2) is 16.9 Å². The second-order valence-electron chi connectivity index (χ2n) is 4.81. The van der Waals surface area contributed by atoms with Gasteiger partial charge in [0.25, 0.3) is 0 Å². The Morgan fingerprint density at radius 1 is 1.29 bits per heavy atom. The largest absolute Gasteiger partial charge is 0.481 e. The first-order valence-electron chi connectivity index (χ1n) is 6.59. The van der Waals surface area contributed by atoms with Crippen molar-refractivity contribution in [1.82, 2.24) is 4.57 Å². The smallest absolute Gasteiger partial charge is 0.303 e. The Kier molecular flexibility index (Phi) is 4.06. The molecule has 0 amide bonds. The van der Waals surface area contributed by atoms with Gasteiger partial charge in [0.2, 0.25) is 0 Å². The molecule has 21 heavy (non-hydrogen) atoms. The van der Waals surface area contributed by atoms with E-state index in [0.717, 1.165) is 12.1 Å². The van der Waals surface area contributed by atoms with Gasteiger partial charge in [-0.15, -0.1) is 0 Å². The number of nitrogens with zero attached hydrogens (tertiary/aromatic N) is 1. The van der Waals surface area contributed by atoms with Crippen LogP contribution in [0.4, 0.5) is 8.78 Å². The Labute approximate surface area is 119 Å². The number of hydrogen-bond acceptors (Lipinski definition) is 2. The average molecular weight is 295 g/mol. The maximum atomic E-state index is 13.4. The molecule has 1 aromatic heterocycles. The fourth-order valence-electron chi connectivity index (χ4n) is 2.55. The molecular weight excluding hydrogens is 280 g/mol. The van der Waals surface area contributed by atoms with Gasteiger partial charge >= 0.3 is 5.97 Å². The summed E-state index contributed by atoms with van der Waals surface area (Å²) in [6, 6.07) is 1.88. The van der Waals surface area contributed by atoms with Crippen molar-refractivity contribution in [2.24, 2.45) is 0 Å². The Morgan fingerprint density at radius 2 is 1.90 bits per heavy atom. The van der Waals surface area contributed by atoms with E-state index in [1.807, 2.05) is 6.92 Å². The number of benzene rings is 1. The number of carbonyl (C=O) groups is 1. The highest BCUT2D eigenvalue weighted by atomic mass is 19.2. The Morgan fingerprint density at radius 3 is 2.48 bits per heavy atom. The van der Waals surface area contributed by atoms with Gasteiger partial charge in [0, 0.05) is 35.7 Å². The third kappa shape index (κ3) is 2.66. The quantitative estimate of drug-likeness (QED) is 0.943. The third-order valence-electron chi connectivity index (χ3n) is 3.59. The number of pyridine rings is 1. The summed E-state index contributed by atoms with van der Waals surface area (Å²) in [6.45, 7) is 3.97. The number of rotatable bonds is 4. The molecule has 0 aliphatic carbocycles. The number of fused-ring (bicyclic) bond motifs is 1. The molecule has 0 atom stereocenters. The van der Waals surface area contributed by atoms with Gasteiger partial charge in [0.15, 0.2) is 17.1 Å². The highest BCUT2D eigenvalue weighted by Gasteiger charge is 2.16. The molecule has 1 aromatic carbocycles. The lowest BCUT2D eigenvalue weighted by Crippen LogP contribution is -2.20. The van der Waals surface area contributed by atoms with E-state index in [9.17, 15) is 18.4 Å². The van der Waals surface area contributed by atoms with Crippen LogP contribution < -0.4 is 5.43 Å². The SMILES string of the molecule is CCn1c(C)c(CCC(=O)O)c(=O)c2cc(F)c(F)cc21. The van der Waals surface area contributed by atoms with Crippen molar-refractivity contribution in [2.45, 2.75) is 33.2 Å². The summed E-state index contributed by atoms with van der Waals surface area (Å²) in [6.07, 6.45) is -0.121. The maximum Gasteiger partial charge on any atom is 0.303 e. The van der Waals surface area contributed by atoms with Crippen molar-refractivity contribution in [3.8, 4) is 0 Å². The molecule has 2 rings (SSSR count). The van der Waals surface area contributed by atoms with Crippen LogP contribution in [0.3, 0.4) is 0 Å². The first-order valence-corrected chi connectivity index (χ1v) is 6.59. The lowest BCUT2D eigenvalue weighted by molar-refractivity contribution is -0.136. The standard InChI is InChI=1S/C15H15F2NO3/c1-3-18-8(2)9(4-5-14(19)20)15(21)10-6-11(16)12(17)7-13(10)18/h6-7H,3-5H2,1-2H3,(H,19,20). The monoisotopic (exact) mass is 295 g/mol. The molecule has 0 aliphatic rings. The number of carboxylic acids is 1. The van der Waals surface area contributed by atoms with Crippen LogP contribution in [-0.2, 0) is 17.8 Å². The molecule has 0 radical (unpaired) electrons. The molecule has 1 N–H and O–H groups in total. The van der Waals surface area contributed by atoms with Crippen molar-refractivity contribution in [1.29, 1.82) is 0 Å². The van der Waals surface area contributed by atoms with Crippen LogP contribution in [-0.4, -0.2) is 15.6 Å². The number of carboxylic acid groups (broad SMARTS) is 1. The molecule has 0 spiro atoms. The maximum absolute atomic E-state index is 13.4. The lowest BCUT2D eigenvalue weighted by Gasteiger charge is -2.16. The number of hydrogen-bond donors (Lipinski definition) is 1. The number of aromatic nitrogens is 1. The van der Waals surface area contributed by atoms with E-state index in [0.29, 0.717) is 23.3 Å². The summed E-state index contributed by atoms with van der Waals surface area (Å²) >= 11 is 0. The Bertz CT molecular complexity index is 781. The van der Waals surface area contributed by atoms with Gasteiger partial charge in [-0.25, -0.2) is 8.78 Å². The van der Waals surface area contributed by atoms with E-state index in [1.165, 1.54) is 0 Å². The molecule has 0 bridgehead atoms. The van der Waals surface area contributed by atoms with E-state index in [-0.39, 0.29) is 18.2 Å². The fraction of sp³-hybridized carbons (Fsp3) is 0.333. The van der Waals surface area contributed by atoms with Gasteiger partial charge in [0.05, 0.1) is 5.52 Å². The molecule has 4 nitrogen and oxygen atoms in total. The van der Waals surface area contributed by atoms with Crippen LogP contribution in [0.2, 0.25) is 0 Å². The topological polar surface area (TPSA) is 59.3 Å². The molecule has 0 unspecified atom stereocenters. The first kappa shape index (κ1) is 15.2. The normalized spacial score (nSPS) is 11.0. The Balaban J connectivity index is 2.79. The van der Waals surface area contributed by atoms with Crippen molar-refractivity contribution in [3.63, 3.8) is 0 Å².